The summed E-state index contributed by atoms with van der Waals surface area (Å²) in [5.41, 5.74) is 7.56. The second-order valence-corrected chi connectivity index (χ2v) is 5.32. The highest BCUT2D eigenvalue weighted by Gasteiger charge is 2.20. The molecular weight excluding hydrogens is 292 g/mol. The summed E-state index contributed by atoms with van der Waals surface area (Å²) in [6, 6.07) is 5.98. The molecule has 0 aliphatic carbocycles. The van der Waals surface area contributed by atoms with E-state index in [9.17, 15) is 0 Å². The Kier molecular flexibility index (Phi) is 4.24. The van der Waals surface area contributed by atoms with E-state index in [-0.39, 0.29) is 5.84 Å². The van der Waals surface area contributed by atoms with Crippen LogP contribution in [0.15, 0.2) is 22.7 Å². The van der Waals surface area contributed by atoms with Crippen LogP contribution in [0.4, 0.5) is 5.69 Å². The predicted molar refractivity (Wildman–Crippen MR) is 79.5 cm³/mol. The van der Waals surface area contributed by atoms with Crippen LogP contribution in [-0.4, -0.2) is 43.5 Å². The number of nitrogen functional groups attached to an aromatic ring is 1. The van der Waals surface area contributed by atoms with Crippen LogP contribution >= 0.6 is 15.9 Å². The van der Waals surface area contributed by atoms with Crippen molar-refractivity contribution >= 4 is 27.5 Å². The van der Waals surface area contributed by atoms with Gasteiger partial charge in [0, 0.05) is 36.3 Å². The number of nitrogens with one attached hydrogen (secondary N) is 1. The predicted octanol–water partition coefficient (Wildman–Crippen LogP) is 1.88. The van der Waals surface area contributed by atoms with Gasteiger partial charge in [0.25, 0.3) is 0 Å². The van der Waals surface area contributed by atoms with E-state index in [1.54, 1.807) is 0 Å². The van der Waals surface area contributed by atoms with Crippen LogP contribution in [0, 0.1) is 5.41 Å². The molecule has 1 fully saturated rings. The highest BCUT2D eigenvalue weighted by atomic mass is 79.9. The summed E-state index contributed by atoms with van der Waals surface area (Å²) in [4.78, 5) is 4.75. The number of anilines is 1. The summed E-state index contributed by atoms with van der Waals surface area (Å²) in [5, 5.41) is 7.72. The van der Waals surface area contributed by atoms with Crippen LogP contribution in [0.5, 0.6) is 0 Å². The Morgan fingerprint density at radius 1 is 1.33 bits per heavy atom. The average molecular weight is 311 g/mol. The Balaban J connectivity index is 2.24. The first-order valence-corrected chi connectivity index (χ1v) is 7.03. The normalized spacial score (nSPS) is 16.9. The minimum absolute atomic E-state index is 0.121. The molecule has 0 radical (unpaired) electrons. The van der Waals surface area contributed by atoms with Gasteiger partial charge in [0.05, 0.1) is 5.56 Å². The molecule has 0 amide bonds. The smallest absolute Gasteiger partial charge is 0.126 e. The highest BCUT2D eigenvalue weighted by Crippen LogP contribution is 2.28. The van der Waals surface area contributed by atoms with E-state index in [1.807, 2.05) is 18.2 Å². The van der Waals surface area contributed by atoms with Crippen LogP contribution in [0.25, 0.3) is 0 Å². The Labute approximate surface area is 116 Å². The van der Waals surface area contributed by atoms with Crippen LogP contribution in [-0.2, 0) is 0 Å². The topological polar surface area (TPSA) is 56.4 Å². The van der Waals surface area contributed by atoms with Gasteiger partial charge in [-0.15, -0.1) is 0 Å². The number of halogens is 1. The van der Waals surface area contributed by atoms with Gasteiger partial charge in [-0.3, -0.25) is 5.41 Å². The van der Waals surface area contributed by atoms with E-state index in [0.29, 0.717) is 0 Å². The molecule has 0 spiro atoms. The number of nitrogens with two attached hydrogens (primary N) is 1. The summed E-state index contributed by atoms with van der Waals surface area (Å²) >= 11 is 3.48. The minimum atomic E-state index is 0.121. The van der Waals surface area contributed by atoms with Gasteiger partial charge in [-0.25, -0.2) is 0 Å². The zero-order valence-corrected chi connectivity index (χ0v) is 12.2. The minimum Gasteiger partial charge on any atom is -0.384 e. The zero-order chi connectivity index (χ0) is 13.1. The maximum atomic E-state index is 7.72. The van der Waals surface area contributed by atoms with Gasteiger partial charge in [0.15, 0.2) is 0 Å². The van der Waals surface area contributed by atoms with Crippen molar-refractivity contribution in [1.29, 1.82) is 5.41 Å². The van der Waals surface area contributed by atoms with E-state index in [1.165, 1.54) is 0 Å². The number of likely N-dealkylation sites (N-methyl/N-ethyl adjacent to an activating group) is 1. The van der Waals surface area contributed by atoms with Gasteiger partial charge in [-0.05, 0) is 34.6 Å². The monoisotopic (exact) mass is 310 g/mol. The molecular formula is C13H19BrN4. The van der Waals surface area contributed by atoms with Crippen molar-refractivity contribution < 1.29 is 0 Å². The highest BCUT2D eigenvalue weighted by molar-refractivity contribution is 9.10. The quantitative estimate of drug-likeness (QED) is 0.662. The molecule has 1 saturated heterocycles. The molecule has 2 rings (SSSR count). The number of rotatable bonds is 3. The lowest BCUT2D eigenvalue weighted by Crippen LogP contribution is -2.46. The van der Waals surface area contributed by atoms with Crippen molar-refractivity contribution in [3.05, 3.63) is 28.2 Å². The molecule has 3 N–H and O–H groups in total. The first-order valence-electron chi connectivity index (χ1n) is 6.23. The summed E-state index contributed by atoms with van der Waals surface area (Å²) in [6.45, 7) is 7.41. The molecule has 0 atom stereocenters. The van der Waals surface area contributed by atoms with Crippen LogP contribution in [0.2, 0.25) is 0 Å². The van der Waals surface area contributed by atoms with Gasteiger partial charge >= 0.3 is 0 Å². The molecule has 98 valence electrons. The molecule has 0 saturated carbocycles. The summed E-state index contributed by atoms with van der Waals surface area (Å²) in [6.07, 6.45) is 0. The molecule has 18 heavy (non-hydrogen) atoms. The van der Waals surface area contributed by atoms with Crippen molar-refractivity contribution in [1.82, 2.24) is 4.90 Å². The average Bonchev–Trinajstić information content (AvgIpc) is 2.38. The van der Waals surface area contributed by atoms with Gasteiger partial charge in [0.1, 0.15) is 5.84 Å². The molecule has 5 heteroatoms. The molecule has 1 aliphatic heterocycles. The third-order valence-corrected chi connectivity index (χ3v) is 4.08. The fourth-order valence-corrected chi connectivity index (χ4v) is 2.92. The summed E-state index contributed by atoms with van der Waals surface area (Å²) in [5.74, 6) is 0.121. The molecule has 0 aromatic heterocycles. The third-order valence-electron chi connectivity index (χ3n) is 3.42. The van der Waals surface area contributed by atoms with Gasteiger partial charge in [-0.1, -0.05) is 13.0 Å². The molecule has 1 aromatic carbocycles. The van der Waals surface area contributed by atoms with Crippen molar-refractivity contribution in [3.63, 3.8) is 0 Å². The maximum Gasteiger partial charge on any atom is 0.126 e. The number of amidine groups is 1. The van der Waals surface area contributed by atoms with E-state index in [2.05, 4.69) is 32.7 Å². The van der Waals surface area contributed by atoms with E-state index >= 15 is 0 Å². The fourth-order valence-electron chi connectivity index (χ4n) is 2.35. The van der Waals surface area contributed by atoms with Crippen molar-refractivity contribution in [2.45, 2.75) is 6.92 Å². The second kappa shape index (κ2) is 5.71. The third kappa shape index (κ3) is 2.67. The lowest BCUT2D eigenvalue weighted by atomic mass is 10.1. The molecule has 0 bridgehead atoms. The molecule has 4 nitrogen and oxygen atoms in total. The lowest BCUT2D eigenvalue weighted by Gasteiger charge is -2.36. The number of piperazine rings is 1. The largest absolute Gasteiger partial charge is 0.384 e. The first kappa shape index (κ1) is 13.4. The van der Waals surface area contributed by atoms with Crippen molar-refractivity contribution in [3.8, 4) is 0 Å². The molecule has 0 unspecified atom stereocenters. The number of benzene rings is 1. The Morgan fingerprint density at radius 2 is 2.00 bits per heavy atom. The molecule has 1 aliphatic rings. The standard InChI is InChI=1S/C13H19BrN4/c1-2-17-6-8-18(9-7-17)11-5-3-4-10(14)12(11)13(15)16/h3-5H,2,6-9H2,1H3,(H3,15,16). The van der Waals surface area contributed by atoms with E-state index < -0.39 is 0 Å². The van der Waals surface area contributed by atoms with Gasteiger partial charge < -0.3 is 15.5 Å². The van der Waals surface area contributed by atoms with Crippen LogP contribution < -0.4 is 10.6 Å². The van der Waals surface area contributed by atoms with E-state index in [4.69, 9.17) is 11.1 Å². The second-order valence-electron chi connectivity index (χ2n) is 4.47. The number of hydrogen-bond donors (Lipinski definition) is 2. The van der Waals surface area contributed by atoms with Gasteiger partial charge in [-0.2, -0.15) is 0 Å². The van der Waals surface area contributed by atoms with Crippen molar-refractivity contribution in [2.24, 2.45) is 5.73 Å². The molecule has 1 aromatic rings. The van der Waals surface area contributed by atoms with Gasteiger partial charge in [0.2, 0.25) is 0 Å². The summed E-state index contributed by atoms with van der Waals surface area (Å²) < 4.78 is 0.894. The molecule has 1 heterocycles. The van der Waals surface area contributed by atoms with Crippen LogP contribution in [0.1, 0.15) is 12.5 Å². The zero-order valence-electron chi connectivity index (χ0n) is 10.6. The Bertz CT molecular complexity index is 439. The number of nitrogens with zero attached hydrogens (tertiary/aromatic N) is 2. The Morgan fingerprint density at radius 3 is 2.56 bits per heavy atom. The lowest BCUT2D eigenvalue weighted by molar-refractivity contribution is 0.271. The first-order chi connectivity index (χ1) is 8.63. The maximum absolute atomic E-state index is 7.72. The van der Waals surface area contributed by atoms with Crippen LogP contribution in [0.3, 0.4) is 0 Å². The number of hydrogen-bond acceptors (Lipinski definition) is 3. The van der Waals surface area contributed by atoms with Crippen molar-refractivity contribution in [2.75, 3.05) is 37.6 Å². The van der Waals surface area contributed by atoms with E-state index in [0.717, 1.165) is 48.4 Å². The Hall–Kier alpha value is -1.07. The summed E-state index contributed by atoms with van der Waals surface area (Å²) in [7, 11) is 0. The fraction of sp³-hybridized carbons (Fsp3) is 0.462. The SMILES string of the molecule is CCN1CCN(c2cccc(Br)c2C(=N)N)CC1.